The Morgan fingerprint density at radius 3 is 1.90 bits per heavy atom. The summed E-state index contributed by atoms with van der Waals surface area (Å²) in [6.45, 7) is 0. The van der Waals surface area contributed by atoms with E-state index in [4.69, 9.17) is 14.4 Å². The number of aromatic nitrogens is 2. The van der Waals surface area contributed by atoms with Crippen molar-refractivity contribution in [2.45, 2.75) is 0 Å². The zero-order valence-corrected chi connectivity index (χ0v) is 15.4. The van der Waals surface area contributed by atoms with Crippen molar-refractivity contribution in [3.8, 4) is 0 Å². The summed E-state index contributed by atoms with van der Waals surface area (Å²) in [6.07, 6.45) is 3.54. The van der Waals surface area contributed by atoms with Gasteiger partial charge < -0.3 is 4.42 Å². The molecule has 2 aromatic heterocycles. The predicted octanol–water partition coefficient (Wildman–Crippen LogP) is 6.99. The molecule has 0 fully saturated rings. The third-order valence-electron chi connectivity index (χ3n) is 5.90. The smallest absolute Gasteiger partial charge is 0.136 e. The van der Waals surface area contributed by atoms with E-state index in [0.717, 1.165) is 49.1 Å². The summed E-state index contributed by atoms with van der Waals surface area (Å²) in [4.78, 5) is 9.43. The van der Waals surface area contributed by atoms with Crippen molar-refractivity contribution in [3.63, 3.8) is 0 Å². The number of para-hydroxylation sites is 1. The fourth-order valence-corrected chi connectivity index (χ4v) is 4.58. The topological polar surface area (TPSA) is 38.9 Å². The van der Waals surface area contributed by atoms with Gasteiger partial charge in [0, 0.05) is 33.9 Å². The van der Waals surface area contributed by atoms with E-state index in [1.165, 1.54) is 16.2 Å². The van der Waals surface area contributed by atoms with Crippen LogP contribution in [0.2, 0.25) is 0 Å². The van der Waals surface area contributed by atoms with Crippen LogP contribution in [0.3, 0.4) is 0 Å². The molecular formula is C26H14N2O. The summed E-state index contributed by atoms with van der Waals surface area (Å²) in [6, 6.07) is 25.5. The summed E-state index contributed by atoms with van der Waals surface area (Å²) in [5, 5.41) is 9.20. The number of benzene rings is 5. The van der Waals surface area contributed by atoms with E-state index < -0.39 is 0 Å². The van der Waals surface area contributed by atoms with Crippen molar-refractivity contribution < 1.29 is 4.42 Å². The molecule has 134 valence electrons. The van der Waals surface area contributed by atoms with Gasteiger partial charge in [-0.25, -0.2) is 0 Å². The molecule has 0 N–H and O–H groups in total. The maximum absolute atomic E-state index is 6.17. The van der Waals surface area contributed by atoms with Crippen LogP contribution in [0.15, 0.2) is 89.6 Å². The molecule has 29 heavy (non-hydrogen) atoms. The number of fused-ring (bicyclic) bond motifs is 10. The first-order valence-electron chi connectivity index (χ1n) is 9.67. The second-order valence-corrected chi connectivity index (χ2v) is 7.49. The van der Waals surface area contributed by atoms with Crippen molar-refractivity contribution in [2.75, 3.05) is 0 Å². The van der Waals surface area contributed by atoms with Crippen LogP contribution in [0, 0.1) is 0 Å². The van der Waals surface area contributed by atoms with Crippen LogP contribution in [-0.4, -0.2) is 9.97 Å². The molecule has 0 saturated carbocycles. The minimum absolute atomic E-state index is 0.899. The molecule has 0 bridgehead atoms. The van der Waals surface area contributed by atoms with Crippen LogP contribution >= 0.6 is 0 Å². The van der Waals surface area contributed by atoms with Crippen LogP contribution in [0.4, 0.5) is 0 Å². The summed E-state index contributed by atoms with van der Waals surface area (Å²) in [5.41, 5.74) is 3.67. The summed E-state index contributed by atoms with van der Waals surface area (Å²) in [7, 11) is 0. The minimum Gasteiger partial charge on any atom is -0.456 e. The highest BCUT2D eigenvalue weighted by Crippen LogP contribution is 2.39. The Kier molecular flexibility index (Phi) is 2.74. The Morgan fingerprint density at radius 2 is 1.10 bits per heavy atom. The van der Waals surface area contributed by atoms with Gasteiger partial charge in [-0.2, -0.15) is 0 Å². The van der Waals surface area contributed by atoms with E-state index in [2.05, 4.69) is 54.6 Å². The molecule has 0 aliphatic rings. The van der Waals surface area contributed by atoms with Crippen LogP contribution in [0.1, 0.15) is 0 Å². The molecule has 7 aromatic rings. The molecule has 3 nitrogen and oxygen atoms in total. The minimum atomic E-state index is 0.899. The van der Waals surface area contributed by atoms with Crippen LogP contribution in [-0.2, 0) is 0 Å². The number of nitrogens with zero attached hydrogens (tertiary/aromatic N) is 2. The lowest BCUT2D eigenvalue weighted by Crippen LogP contribution is -1.89. The highest BCUT2D eigenvalue weighted by Gasteiger charge is 2.15. The predicted molar refractivity (Wildman–Crippen MR) is 119 cm³/mol. The second kappa shape index (κ2) is 5.30. The lowest BCUT2D eigenvalue weighted by molar-refractivity contribution is 0.669. The monoisotopic (exact) mass is 370 g/mol. The standard InChI is InChI=1S/C26H14N2O/c1-2-6-16-12-21-18(11-15(16)5-1)19-14-24-20(17-7-3-4-8-23(17)29-24)13-22(19)26-25(21)27-9-10-28-26/h1-14H. The fraction of sp³-hybridized carbons (Fsp3) is 0. The van der Waals surface area contributed by atoms with E-state index in [1.54, 1.807) is 12.4 Å². The van der Waals surface area contributed by atoms with Gasteiger partial charge in [0.25, 0.3) is 0 Å². The molecular weight excluding hydrogens is 356 g/mol. The van der Waals surface area contributed by atoms with Crippen LogP contribution in [0.25, 0.3) is 65.3 Å². The van der Waals surface area contributed by atoms with Gasteiger partial charge in [0.2, 0.25) is 0 Å². The molecule has 0 saturated heterocycles. The van der Waals surface area contributed by atoms with Gasteiger partial charge >= 0.3 is 0 Å². The Balaban J connectivity index is 1.80. The molecule has 7 rings (SSSR count). The third kappa shape index (κ3) is 1.96. The zero-order valence-electron chi connectivity index (χ0n) is 15.4. The first kappa shape index (κ1) is 15.0. The summed E-state index contributed by atoms with van der Waals surface area (Å²) in [5.74, 6) is 0. The Bertz CT molecular complexity index is 1760. The number of hydrogen-bond donors (Lipinski definition) is 0. The van der Waals surface area contributed by atoms with Gasteiger partial charge in [-0.15, -0.1) is 0 Å². The summed E-state index contributed by atoms with van der Waals surface area (Å²) < 4.78 is 6.17. The lowest BCUT2D eigenvalue weighted by Gasteiger charge is -2.10. The first-order valence-corrected chi connectivity index (χ1v) is 9.67. The molecule has 2 heterocycles. The number of rotatable bonds is 0. The van der Waals surface area contributed by atoms with E-state index in [9.17, 15) is 0 Å². The van der Waals surface area contributed by atoms with Crippen molar-refractivity contribution >= 4 is 65.3 Å². The molecule has 5 aromatic carbocycles. The van der Waals surface area contributed by atoms with Gasteiger partial charge in [0.1, 0.15) is 11.2 Å². The zero-order chi connectivity index (χ0) is 18.9. The largest absolute Gasteiger partial charge is 0.456 e. The van der Waals surface area contributed by atoms with Crippen molar-refractivity contribution in [1.82, 2.24) is 9.97 Å². The maximum atomic E-state index is 6.17. The normalized spacial score (nSPS) is 12.1. The molecule has 0 atom stereocenters. The van der Waals surface area contributed by atoms with Gasteiger partial charge in [-0.3, -0.25) is 9.97 Å². The highest BCUT2D eigenvalue weighted by molar-refractivity contribution is 6.28. The van der Waals surface area contributed by atoms with Crippen molar-refractivity contribution in [2.24, 2.45) is 0 Å². The number of hydrogen-bond acceptors (Lipinski definition) is 3. The lowest BCUT2D eigenvalue weighted by atomic mass is 9.95. The van der Waals surface area contributed by atoms with E-state index >= 15 is 0 Å². The van der Waals surface area contributed by atoms with Gasteiger partial charge in [0.15, 0.2) is 0 Å². The van der Waals surface area contributed by atoms with E-state index in [-0.39, 0.29) is 0 Å². The Labute approximate surface area is 165 Å². The number of furan rings is 1. The van der Waals surface area contributed by atoms with Gasteiger partial charge in [-0.05, 0) is 51.9 Å². The molecule has 0 aliphatic heterocycles. The molecule has 3 heteroatoms. The third-order valence-corrected chi connectivity index (χ3v) is 5.90. The molecule has 0 amide bonds. The SMILES string of the molecule is c1ccc2cc3c(cc2c1)c1cc2oc4ccccc4c2cc1c1nccnc31. The quantitative estimate of drug-likeness (QED) is 0.213. The molecule has 0 spiro atoms. The Hall–Kier alpha value is -3.98. The maximum Gasteiger partial charge on any atom is 0.136 e. The van der Waals surface area contributed by atoms with E-state index in [1.807, 2.05) is 18.2 Å². The van der Waals surface area contributed by atoms with Gasteiger partial charge in [-0.1, -0.05) is 42.5 Å². The highest BCUT2D eigenvalue weighted by atomic mass is 16.3. The second-order valence-electron chi connectivity index (χ2n) is 7.49. The summed E-state index contributed by atoms with van der Waals surface area (Å²) >= 11 is 0. The first-order chi connectivity index (χ1) is 14.4. The fourth-order valence-electron chi connectivity index (χ4n) is 4.58. The molecule has 0 radical (unpaired) electrons. The van der Waals surface area contributed by atoms with Crippen molar-refractivity contribution in [3.05, 3.63) is 85.2 Å². The Morgan fingerprint density at radius 1 is 0.483 bits per heavy atom. The molecule has 0 aliphatic carbocycles. The molecule has 0 unspecified atom stereocenters. The van der Waals surface area contributed by atoms with Crippen LogP contribution < -0.4 is 0 Å². The van der Waals surface area contributed by atoms with Crippen molar-refractivity contribution in [1.29, 1.82) is 0 Å². The van der Waals surface area contributed by atoms with Gasteiger partial charge in [0.05, 0.1) is 11.0 Å². The average molecular weight is 370 g/mol. The average Bonchev–Trinajstić information content (AvgIpc) is 3.15. The van der Waals surface area contributed by atoms with E-state index in [0.29, 0.717) is 0 Å². The van der Waals surface area contributed by atoms with Crippen LogP contribution in [0.5, 0.6) is 0 Å².